The molecule has 50 heavy (non-hydrogen) atoms. The molecule has 260 valence electrons. The van der Waals surface area contributed by atoms with Crippen molar-refractivity contribution in [3.63, 3.8) is 0 Å². The van der Waals surface area contributed by atoms with Crippen molar-refractivity contribution in [1.29, 1.82) is 0 Å². The predicted octanol–water partition coefficient (Wildman–Crippen LogP) is 14.7. The van der Waals surface area contributed by atoms with Crippen LogP contribution in [0.3, 0.4) is 0 Å². The maximum absolute atomic E-state index is 7.17. The van der Waals surface area contributed by atoms with E-state index in [4.69, 9.17) is 12.9 Å². The molecule has 0 unspecified atom stereocenters. The van der Waals surface area contributed by atoms with Gasteiger partial charge in [0, 0.05) is 33.0 Å². The van der Waals surface area contributed by atoms with E-state index in [0.29, 0.717) is 0 Å². The molecule has 0 N–H and O–H groups in total. The molecule has 0 saturated heterocycles. The minimum absolute atomic E-state index is 0.0721. The molecular weight excluding hydrogens is 631 g/mol. The lowest BCUT2D eigenvalue weighted by Gasteiger charge is -2.27. The van der Waals surface area contributed by atoms with E-state index in [1.54, 1.807) is 0 Å². The van der Waals surface area contributed by atoms with Crippen LogP contribution in [-0.4, -0.2) is 0 Å². The van der Waals surface area contributed by atoms with Crippen LogP contribution in [0.5, 0.6) is 5.75 Å². The van der Waals surface area contributed by atoms with E-state index >= 15 is 0 Å². The number of fused-ring (bicyclic) bond motifs is 3. The van der Waals surface area contributed by atoms with Crippen molar-refractivity contribution >= 4 is 30.2 Å². The van der Waals surface area contributed by atoms with Gasteiger partial charge in [0.15, 0.2) is 5.75 Å². The Morgan fingerprint density at radius 1 is 0.440 bits per heavy atom. The van der Waals surface area contributed by atoms with E-state index in [1.165, 1.54) is 11.1 Å². The van der Waals surface area contributed by atoms with Crippen molar-refractivity contribution in [2.45, 2.75) is 105 Å². The van der Waals surface area contributed by atoms with Crippen molar-refractivity contribution in [2.24, 2.45) is 0 Å². The van der Waals surface area contributed by atoms with Crippen molar-refractivity contribution in [1.82, 2.24) is 0 Å². The first-order valence-electron chi connectivity index (χ1n) is 17.8. The summed E-state index contributed by atoms with van der Waals surface area (Å²) in [4.78, 5) is 0. The van der Waals surface area contributed by atoms with Crippen LogP contribution < -0.4 is 4.52 Å². The van der Waals surface area contributed by atoms with Gasteiger partial charge in [-0.2, -0.15) is 0 Å². The summed E-state index contributed by atoms with van der Waals surface area (Å²) in [6, 6.07) is 36.5. The first-order valence-corrected chi connectivity index (χ1v) is 18.9. The Balaban J connectivity index is 1.80. The third kappa shape index (κ3) is 7.17. The highest BCUT2D eigenvalue weighted by atomic mass is 31.1. The topological polar surface area (TPSA) is 35.5 Å². The zero-order valence-corrected chi connectivity index (χ0v) is 32.9. The molecular formula is C46H53O3P. The van der Waals surface area contributed by atoms with Crippen molar-refractivity contribution in [2.75, 3.05) is 0 Å². The Hall–Kier alpha value is -4.20. The second-order valence-electron chi connectivity index (χ2n) is 17.7. The molecule has 0 saturated carbocycles. The highest BCUT2D eigenvalue weighted by Crippen LogP contribution is 2.49. The third-order valence-electron chi connectivity index (χ3n) is 9.50. The van der Waals surface area contributed by atoms with Gasteiger partial charge in [0.05, 0.1) is 0 Å². The Kier molecular flexibility index (Phi) is 9.15. The van der Waals surface area contributed by atoms with E-state index < -0.39 is 8.24 Å². The monoisotopic (exact) mass is 684 g/mol. The van der Waals surface area contributed by atoms with Crippen molar-refractivity contribution < 1.29 is 12.9 Å². The van der Waals surface area contributed by atoms with E-state index in [2.05, 4.69) is 174 Å². The summed E-state index contributed by atoms with van der Waals surface area (Å²) in [6.45, 7) is 27.3. The molecule has 0 fully saturated rings. The van der Waals surface area contributed by atoms with E-state index in [9.17, 15) is 0 Å². The van der Waals surface area contributed by atoms with Crippen molar-refractivity contribution in [3.05, 3.63) is 125 Å². The summed E-state index contributed by atoms with van der Waals surface area (Å²) in [6.07, 6.45) is 0. The maximum Gasteiger partial charge on any atom is 0.453 e. The second-order valence-corrected chi connectivity index (χ2v) is 18.7. The molecule has 1 heterocycles. The molecule has 0 amide bonds. The highest BCUT2D eigenvalue weighted by Gasteiger charge is 2.29. The number of hydrogen-bond acceptors (Lipinski definition) is 3. The second kappa shape index (κ2) is 12.8. The van der Waals surface area contributed by atoms with Gasteiger partial charge in [-0.1, -0.05) is 174 Å². The average molecular weight is 685 g/mol. The number of para-hydroxylation sites is 1. The van der Waals surface area contributed by atoms with Gasteiger partial charge in [0.25, 0.3) is 0 Å². The van der Waals surface area contributed by atoms with Gasteiger partial charge in [-0.25, -0.2) is 0 Å². The largest absolute Gasteiger partial charge is 0.453 e. The lowest BCUT2D eigenvalue weighted by atomic mass is 9.77. The smallest absolute Gasteiger partial charge is 0.390 e. The standard InChI is InChI=1S/C46H53O3P/c1-43(2,3)32-26-36-37-27-33(44(4,5)6)29-39(46(10,11)12)42(37)49-50(48-41(36)38(28-32)45(7,8)9)47-40-34(30-20-15-13-16-21-30)24-19-25-35(40)31-22-17-14-18-23-31/h13-29H,1-12H3. The molecule has 0 spiro atoms. The molecule has 5 aromatic carbocycles. The van der Waals surface area contributed by atoms with Gasteiger partial charge in [-0.3, -0.25) is 0 Å². The minimum atomic E-state index is -1.96. The molecule has 0 aliphatic heterocycles. The highest BCUT2D eigenvalue weighted by molar-refractivity contribution is 7.32. The first-order chi connectivity index (χ1) is 23.3. The third-order valence-corrected chi connectivity index (χ3v) is 10.5. The predicted molar refractivity (Wildman–Crippen MR) is 214 cm³/mol. The molecule has 1 aromatic heterocycles. The van der Waals surface area contributed by atoms with Crippen LogP contribution in [0.2, 0.25) is 0 Å². The maximum atomic E-state index is 7.17. The molecule has 0 aliphatic carbocycles. The van der Waals surface area contributed by atoms with E-state index in [0.717, 1.165) is 61.1 Å². The van der Waals surface area contributed by atoms with Crippen LogP contribution in [0.4, 0.5) is 0 Å². The average Bonchev–Trinajstić information content (AvgIpc) is 3.19. The molecule has 0 aliphatic rings. The fourth-order valence-electron chi connectivity index (χ4n) is 6.44. The quantitative estimate of drug-likeness (QED) is 0.185. The van der Waals surface area contributed by atoms with Gasteiger partial charge in [-0.15, -0.1) is 0 Å². The lowest BCUT2D eigenvalue weighted by molar-refractivity contribution is 0.490. The Morgan fingerprint density at radius 2 is 0.820 bits per heavy atom. The van der Waals surface area contributed by atoms with Crippen molar-refractivity contribution in [3.8, 4) is 28.0 Å². The van der Waals surface area contributed by atoms with Gasteiger partial charge in [0.1, 0.15) is 11.2 Å². The fourth-order valence-corrected chi connectivity index (χ4v) is 7.59. The van der Waals surface area contributed by atoms with Gasteiger partial charge >= 0.3 is 8.24 Å². The Bertz CT molecular complexity index is 2050. The number of hydrogen-bond donors (Lipinski definition) is 0. The normalized spacial score (nSPS) is 12.8. The van der Waals surface area contributed by atoms with Crippen LogP contribution in [-0.2, 0) is 21.7 Å². The van der Waals surface area contributed by atoms with Crippen LogP contribution in [0.15, 0.2) is 112 Å². The molecule has 0 radical (unpaired) electrons. The molecule has 4 heteroatoms. The molecule has 6 aromatic rings. The van der Waals surface area contributed by atoms with Crippen LogP contribution in [0, 0.1) is 0 Å². The molecule has 0 bridgehead atoms. The summed E-state index contributed by atoms with van der Waals surface area (Å²) in [7, 11) is -1.96. The van der Waals surface area contributed by atoms with Gasteiger partial charge in [-0.05, 0) is 56.0 Å². The lowest BCUT2D eigenvalue weighted by Crippen LogP contribution is -2.17. The molecule has 6 rings (SSSR count). The first kappa shape index (κ1) is 35.6. The molecule has 3 nitrogen and oxygen atoms in total. The summed E-state index contributed by atoms with van der Waals surface area (Å²) in [5, 5.41) is 2.12. The van der Waals surface area contributed by atoms with Gasteiger partial charge in [0.2, 0.25) is 0 Å². The SMILES string of the molecule is CC(C)(C)c1cc(C(C)(C)C)c2op(Oc3c(-c4ccccc4)cccc3-c3ccccc3)oc3c(C(C)(C)C)cc(C(C)(C)C)cc3c2c1. The minimum Gasteiger partial charge on any atom is -0.390 e. The number of rotatable bonds is 4. The van der Waals surface area contributed by atoms with Crippen LogP contribution in [0.1, 0.15) is 105 Å². The van der Waals surface area contributed by atoms with Crippen LogP contribution in [0.25, 0.3) is 44.2 Å². The zero-order valence-electron chi connectivity index (χ0n) is 32.0. The summed E-state index contributed by atoms with van der Waals surface area (Å²) in [5.74, 6) is 0.744. The number of benzene rings is 5. The van der Waals surface area contributed by atoms with E-state index in [1.807, 2.05) is 12.1 Å². The van der Waals surface area contributed by atoms with E-state index in [-0.39, 0.29) is 21.7 Å². The fraction of sp³-hybridized carbons (Fsp3) is 0.348. The summed E-state index contributed by atoms with van der Waals surface area (Å²) >= 11 is 0. The summed E-state index contributed by atoms with van der Waals surface area (Å²) < 4.78 is 21.5. The Labute approximate surface area is 300 Å². The Morgan fingerprint density at radius 3 is 1.16 bits per heavy atom. The summed E-state index contributed by atoms with van der Waals surface area (Å²) in [5.41, 5.74) is 10.1. The zero-order chi connectivity index (χ0) is 36.2. The van der Waals surface area contributed by atoms with Gasteiger partial charge < -0.3 is 12.9 Å². The molecule has 0 atom stereocenters. The van der Waals surface area contributed by atoms with Crippen LogP contribution >= 0.6 is 8.24 Å².